The average molecular weight is 428 g/mol. The molecule has 0 aliphatic heterocycles. The Labute approximate surface area is 186 Å². The zero-order chi connectivity index (χ0) is 22.5. The molecule has 0 fully saturated rings. The summed E-state index contributed by atoms with van der Waals surface area (Å²) in [4.78, 5) is 24.5. The number of benzene rings is 3. The molecule has 4 rings (SSSR count). The molecule has 3 aromatic carbocycles. The van der Waals surface area contributed by atoms with Gasteiger partial charge in [0.25, 0.3) is 5.91 Å². The Morgan fingerprint density at radius 1 is 0.969 bits per heavy atom. The number of rotatable bonds is 7. The Morgan fingerprint density at radius 3 is 2.38 bits per heavy atom. The van der Waals surface area contributed by atoms with Crippen molar-refractivity contribution < 1.29 is 13.9 Å². The summed E-state index contributed by atoms with van der Waals surface area (Å²) in [5.74, 6) is 0.292. The second-order valence-corrected chi connectivity index (χ2v) is 7.82. The smallest absolute Gasteiger partial charge is 0.336 e. The van der Waals surface area contributed by atoms with E-state index in [2.05, 4.69) is 5.32 Å². The van der Waals surface area contributed by atoms with Gasteiger partial charge in [0.1, 0.15) is 11.3 Å². The number of hydrogen-bond acceptors (Lipinski definition) is 4. The van der Waals surface area contributed by atoms with Crippen LogP contribution < -0.4 is 15.7 Å². The number of nitrogens with one attached hydrogen (secondary N) is 1. The molecule has 5 heteroatoms. The first-order chi connectivity index (χ1) is 15.5. The van der Waals surface area contributed by atoms with Crippen LogP contribution in [0.3, 0.4) is 0 Å². The largest absolute Gasteiger partial charge is 0.483 e. The van der Waals surface area contributed by atoms with Gasteiger partial charge in [-0.25, -0.2) is 4.79 Å². The van der Waals surface area contributed by atoms with E-state index in [1.165, 1.54) is 6.07 Å². The standard InChI is InChI=1S/C27H25NO4/c1-18-15-26(30)32-27-19(2)24(14-13-22(18)27)31-17-25(29)28-23(21-11-7-4-8-12-21)16-20-9-5-3-6-10-20/h3-15,23H,16-17H2,1-2H3,(H,28,29). The van der Waals surface area contributed by atoms with Crippen LogP contribution in [0.1, 0.15) is 28.3 Å². The molecular weight excluding hydrogens is 402 g/mol. The van der Waals surface area contributed by atoms with E-state index in [1.807, 2.05) is 80.6 Å². The van der Waals surface area contributed by atoms with Gasteiger partial charge in [-0.05, 0) is 49.1 Å². The number of carbonyl (C=O) groups excluding carboxylic acids is 1. The highest BCUT2D eigenvalue weighted by Gasteiger charge is 2.17. The predicted molar refractivity (Wildman–Crippen MR) is 125 cm³/mol. The lowest BCUT2D eigenvalue weighted by molar-refractivity contribution is -0.123. The first-order valence-corrected chi connectivity index (χ1v) is 10.6. The first kappa shape index (κ1) is 21.4. The zero-order valence-electron chi connectivity index (χ0n) is 18.1. The SMILES string of the molecule is Cc1cc(=O)oc2c(C)c(OCC(=O)NC(Cc3ccccc3)c3ccccc3)ccc12. The van der Waals surface area contributed by atoms with Crippen LogP contribution >= 0.6 is 0 Å². The molecule has 0 aliphatic rings. The van der Waals surface area contributed by atoms with E-state index in [4.69, 9.17) is 9.15 Å². The maximum absolute atomic E-state index is 12.8. The maximum Gasteiger partial charge on any atom is 0.336 e. The minimum atomic E-state index is -0.403. The van der Waals surface area contributed by atoms with Crippen LogP contribution in [-0.4, -0.2) is 12.5 Å². The van der Waals surface area contributed by atoms with Crippen molar-refractivity contribution in [1.82, 2.24) is 5.32 Å². The molecule has 1 unspecified atom stereocenters. The number of ether oxygens (including phenoxy) is 1. The highest BCUT2D eigenvalue weighted by molar-refractivity contribution is 5.85. The van der Waals surface area contributed by atoms with E-state index < -0.39 is 5.63 Å². The van der Waals surface area contributed by atoms with Crippen LogP contribution in [0.5, 0.6) is 5.75 Å². The van der Waals surface area contributed by atoms with E-state index in [0.29, 0.717) is 23.3 Å². The lowest BCUT2D eigenvalue weighted by atomic mass is 9.99. The number of amides is 1. The van der Waals surface area contributed by atoms with Crippen molar-refractivity contribution in [2.45, 2.75) is 26.3 Å². The molecule has 162 valence electrons. The highest BCUT2D eigenvalue weighted by atomic mass is 16.5. The van der Waals surface area contributed by atoms with Gasteiger partial charge in [0, 0.05) is 17.0 Å². The third kappa shape index (κ3) is 4.89. The molecule has 0 saturated heterocycles. The van der Waals surface area contributed by atoms with Crippen molar-refractivity contribution in [3.63, 3.8) is 0 Å². The molecule has 1 amide bonds. The van der Waals surface area contributed by atoms with E-state index >= 15 is 0 Å². The normalized spacial score (nSPS) is 11.8. The van der Waals surface area contributed by atoms with Gasteiger partial charge < -0.3 is 14.5 Å². The second kappa shape index (κ2) is 9.52. The van der Waals surface area contributed by atoms with Crippen molar-refractivity contribution in [3.05, 3.63) is 112 Å². The van der Waals surface area contributed by atoms with Gasteiger partial charge in [-0.15, -0.1) is 0 Å². The number of carbonyl (C=O) groups is 1. The summed E-state index contributed by atoms with van der Waals surface area (Å²) < 4.78 is 11.2. The number of fused-ring (bicyclic) bond motifs is 1. The van der Waals surface area contributed by atoms with E-state index in [0.717, 1.165) is 22.1 Å². The van der Waals surface area contributed by atoms with E-state index in [-0.39, 0.29) is 18.6 Å². The van der Waals surface area contributed by atoms with Crippen LogP contribution in [0.2, 0.25) is 0 Å². The molecule has 1 atom stereocenters. The van der Waals surface area contributed by atoms with Crippen LogP contribution in [0.15, 0.2) is 88.1 Å². The van der Waals surface area contributed by atoms with Crippen molar-refractivity contribution in [3.8, 4) is 5.75 Å². The Hall–Kier alpha value is -3.86. The third-order valence-electron chi connectivity index (χ3n) is 5.50. The minimum Gasteiger partial charge on any atom is -0.483 e. The van der Waals surface area contributed by atoms with Gasteiger partial charge in [0.2, 0.25) is 0 Å². The average Bonchev–Trinajstić information content (AvgIpc) is 2.80. The summed E-state index contributed by atoms with van der Waals surface area (Å²) in [6.07, 6.45) is 0.677. The van der Waals surface area contributed by atoms with Gasteiger partial charge >= 0.3 is 5.63 Å². The second-order valence-electron chi connectivity index (χ2n) is 7.82. The minimum absolute atomic E-state index is 0.138. The molecule has 0 saturated carbocycles. The predicted octanol–water partition coefficient (Wildman–Crippen LogP) is 4.89. The van der Waals surface area contributed by atoms with Crippen LogP contribution in [0, 0.1) is 13.8 Å². The van der Waals surface area contributed by atoms with Crippen LogP contribution in [0.4, 0.5) is 0 Å². The van der Waals surface area contributed by atoms with Crippen LogP contribution in [0.25, 0.3) is 11.0 Å². The lowest BCUT2D eigenvalue weighted by Gasteiger charge is -2.20. The Balaban J connectivity index is 1.49. The van der Waals surface area contributed by atoms with Crippen LogP contribution in [-0.2, 0) is 11.2 Å². The highest BCUT2D eigenvalue weighted by Crippen LogP contribution is 2.28. The van der Waals surface area contributed by atoms with Crippen molar-refractivity contribution in [1.29, 1.82) is 0 Å². The monoisotopic (exact) mass is 427 g/mol. The molecule has 1 N–H and O–H groups in total. The summed E-state index contributed by atoms with van der Waals surface area (Å²) in [6.45, 7) is 3.55. The fraction of sp³-hybridized carbons (Fsp3) is 0.185. The Morgan fingerprint density at radius 2 is 1.66 bits per heavy atom. The molecule has 0 radical (unpaired) electrons. The topological polar surface area (TPSA) is 68.5 Å². The Kier molecular flexibility index (Phi) is 6.36. The Bertz CT molecular complexity index is 1280. The van der Waals surface area contributed by atoms with Crippen molar-refractivity contribution in [2.24, 2.45) is 0 Å². The molecule has 0 aliphatic carbocycles. The summed E-state index contributed by atoms with van der Waals surface area (Å²) in [5, 5.41) is 3.94. The van der Waals surface area contributed by atoms with Gasteiger partial charge in [0.15, 0.2) is 6.61 Å². The summed E-state index contributed by atoms with van der Waals surface area (Å²) in [6, 6.07) is 24.9. The molecule has 32 heavy (non-hydrogen) atoms. The molecule has 4 aromatic rings. The number of hydrogen-bond donors (Lipinski definition) is 1. The maximum atomic E-state index is 12.8. The number of aryl methyl sites for hydroxylation is 2. The first-order valence-electron chi connectivity index (χ1n) is 10.6. The molecule has 0 bridgehead atoms. The van der Waals surface area contributed by atoms with E-state index in [1.54, 1.807) is 6.07 Å². The van der Waals surface area contributed by atoms with Crippen molar-refractivity contribution in [2.75, 3.05) is 6.61 Å². The molecule has 1 heterocycles. The van der Waals surface area contributed by atoms with E-state index in [9.17, 15) is 9.59 Å². The van der Waals surface area contributed by atoms with Gasteiger partial charge in [-0.3, -0.25) is 4.79 Å². The quantitative estimate of drug-likeness (QED) is 0.427. The fourth-order valence-corrected chi connectivity index (χ4v) is 3.82. The summed E-state index contributed by atoms with van der Waals surface area (Å²) in [7, 11) is 0. The van der Waals surface area contributed by atoms with Crippen molar-refractivity contribution >= 4 is 16.9 Å². The third-order valence-corrected chi connectivity index (χ3v) is 5.50. The van der Waals surface area contributed by atoms with Gasteiger partial charge in [-0.1, -0.05) is 60.7 Å². The zero-order valence-corrected chi connectivity index (χ0v) is 18.1. The molecule has 5 nitrogen and oxygen atoms in total. The molecular formula is C27H25NO4. The molecule has 1 aromatic heterocycles. The van der Waals surface area contributed by atoms with Gasteiger partial charge in [-0.2, -0.15) is 0 Å². The summed E-state index contributed by atoms with van der Waals surface area (Å²) in [5.41, 5.74) is 3.79. The molecule has 0 spiro atoms. The summed E-state index contributed by atoms with van der Waals surface area (Å²) >= 11 is 0. The lowest BCUT2D eigenvalue weighted by Crippen LogP contribution is -2.33. The van der Waals surface area contributed by atoms with Gasteiger partial charge in [0.05, 0.1) is 6.04 Å². The fourth-order valence-electron chi connectivity index (χ4n) is 3.82.